The Morgan fingerprint density at radius 2 is 2.32 bits per heavy atom. The number of pyridine rings is 1. The number of rotatable bonds is 4. The maximum Gasteiger partial charge on any atom is 0.268 e. The van der Waals surface area contributed by atoms with Gasteiger partial charge in [-0.1, -0.05) is 17.7 Å². The van der Waals surface area contributed by atoms with Gasteiger partial charge in [0, 0.05) is 25.4 Å². The van der Waals surface area contributed by atoms with Gasteiger partial charge in [0.1, 0.15) is 11.0 Å². The third-order valence-corrected chi connectivity index (χ3v) is 2.52. The predicted molar refractivity (Wildman–Crippen MR) is 68.7 cm³/mol. The number of nitriles is 1. The molecule has 0 amide bonds. The molecule has 1 rings (SSSR count). The summed E-state index contributed by atoms with van der Waals surface area (Å²) in [7, 11) is 0. The number of halogens is 3. The van der Waals surface area contributed by atoms with Gasteiger partial charge in [-0.15, -0.1) is 0 Å². The van der Waals surface area contributed by atoms with Crippen LogP contribution in [0.3, 0.4) is 0 Å². The highest BCUT2D eigenvalue weighted by Gasteiger charge is 2.08. The molecule has 0 spiro atoms. The van der Waals surface area contributed by atoms with Crippen molar-refractivity contribution in [1.82, 2.24) is 9.88 Å². The molecule has 0 saturated heterocycles. The van der Waals surface area contributed by atoms with Crippen molar-refractivity contribution >= 4 is 17.4 Å². The lowest BCUT2D eigenvalue weighted by atomic mass is 10.2. The Kier molecular flexibility index (Phi) is 5.90. The summed E-state index contributed by atoms with van der Waals surface area (Å²) in [5.74, 6) is 0.356. The number of hydrogen-bond acceptors (Lipinski definition) is 3. The summed E-state index contributed by atoms with van der Waals surface area (Å²) in [4.78, 5) is 8.98. The zero-order chi connectivity index (χ0) is 14.3. The van der Waals surface area contributed by atoms with E-state index in [1.54, 1.807) is 31.4 Å². The second kappa shape index (κ2) is 7.44. The first kappa shape index (κ1) is 15.1. The van der Waals surface area contributed by atoms with E-state index in [1.165, 1.54) is 4.90 Å². The summed E-state index contributed by atoms with van der Waals surface area (Å²) in [6.07, 6.45) is 2.17. The van der Waals surface area contributed by atoms with Crippen LogP contribution < -0.4 is 0 Å². The Bertz CT molecular complexity index is 516. The summed E-state index contributed by atoms with van der Waals surface area (Å²) >= 11 is 5.66. The van der Waals surface area contributed by atoms with Gasteiger partial charge in [0.15, 0.2) is 0 Å². The topological polar surface area (TPSA) is 52.3 Å². The van der Waals surface area contributed by atoms with Crippen LogP contribution >= 0.6 is 11.6 Å². The standard InChI is InChI=1S/C12H11ClF2N4/c1-9(18-8-16)19(5-4-12(14)15)7-10-2-3-11(13)17-6-10/h2-4,6H,5,7H2,1H3/b18-9+. The van der Waals surface area contributed by atoms with Crippen molar-refractivity contribution in [2.45, 2.75) is 13.5 Å². The van der Waals surface area contributed by atoms with Crippen molar-refractivity contribution in [3.8, 4) is 6.19 Å². The minimum Gasteiger partial charge on any atom is -0.351 e. The molecule has 19 heavy (non-hydrogen) atoms. The number of nitrogens with zero attached hydrogens (tertiary/aromatic N) is 4. The van der Waals surface area contributed by atoms with Gasteiger partial charge >= 0.3 is 0 Å². The van der Waals surface area contributed by atoms with E-state index in [-0.39, 0.29) is 6.54 Å². The van der Waals surface area contributed by atoms with Crippen LogP contribution in [0.25, 0.3) is 0 Å². The molecule has 0 radical (unpaired) electrons. The van der Waals surface area contributed by atoms with Crippen LogP contribution in [0.4, 0.5) is 8.78 Å². The lowest BCUT2D eigenvalue weighted by Crippen LogP contribution is -2.28. The molecule has 0 unspecified atom stereocenters. The Morgan fingerprint density at radius 3 is 2.84 bits per heavy atom. The second-order valence-electron chi connectivity index (χ2n) is 3.62. The van der Waals surface area contributed by atoms with Gasteiger partial charge in [-0.05, 0) is 18.6 Å². The molecule has 0 N–H and O–H groups in total. The smallest absolute Gasteiger partial charge is 0.268 e. The minimum absolute atomic E-state index is 0.0397. The summed E-state index contributed by atoms with van der Waals surface area (Å²) < 4.78 is 24.3. The summed E-state index contributed by atoms with van der Waals surface area (Å²) in [6, 6.07) is 3.34. The fourth-order valence-electron chi connectivity index (χ4n) is 1.35. The Labute approximate surface area is 114 Å². The first-order valence-corrected chi connectivity index (χ1v) is 5.70. The molecule has 0 aliphatic heterocycles. The predicted octanol–water partition coefficient (Wildman–Crippen LogP) is 3.22. The molecule has 0 bridgehead atoms. The molecule has 1 aromatic heterocycles. The SMILES string of the molecule is C/C(=N\C#N)N(CC=C(F)F)Cc1ccc(Cl)nc1. The molecule has 0 atom stereocenters. The van der Waals surface area contributed by atoms with E-state index in [4.69, 9.17) is 16.9 Å². The van der Waals surface area contributed by atoms with E-state index in [9.17, 15) is 8.78 Å². The Hall–Kier alpha value is -2.00. The Morgan fingerprint density at radius 1 is 1.58 bits per heavy atom. The van der Waals surface area contributed by atoms with Crippen LogP contribution in [0.15, 0.2) is 35.5 Å². The van der Waals surface area contributed by atoms with Gasteiger partial charge in [0.25, 0.3) is 6.08 Å². The van der Waals surface area contributed by atoms with Crippen LogP contribution in [0.5, 0.6) is 0 Å². The fraction of sp³-hybridized carbons (Fsp3) is 0.250. The quantitative estimate of drug-likeness (QED) is 0.369. The fourth-order valence-corrected chi connectivity index (χ4v) is 1.47. The Balaban J connectivity index is 2.85. The van der Waals surface area contributed by atoms with Crippen LogP contribution in [-0.2, 0) is 6.54 Å². The van der Waals surface area contributed by atoms with Crippen LogP contribution in [-0.4, -0.2) is 22.3 Å². The molecule has 1 heterocycles. The van der Waals surface area contributed by atoms with E-state index >= 15 is 0 Å². The van der Waals surface area contributed by atoms with E-state index < -0.39 is 6.08 Å². The lowest BCUT2D eigenvalue weighted by molar-refractivity contribution is 0.398. The van der Waals surface area contributed by atoms with Crippen LogP contribution in [0.1, 0.15) is 12.5 Å². The van der Waals surface area contributed by atoms with Gasteiger partial charge in [-0.2, -0.15) is 19.0 Å². The van der Waals surface area contributed by atoms with Crippen molar-refractivity contribution in [3.63, 3.8) is 0 Å². The number of amidine groups is 1. The summed E-state index contributed by atoms with van der Waals surface area (Å²) in [5, 5.41) is 8.86. The highest BCUT2D eigenvalue weighted by atomic mass is 35.5. The van der Waals surface area contributed by atoms with E-state index in [1.807, 2.05) is 0 Å². The molecule has 0 aliphatic carbocycles. The van der Waals surface area contributed by atoms with E-state index in [2.05, 4.69) is 9.98 Å². The molecule has 7 heteroatoms. The molecule has 100 valence electrons. The maximum atomic E-state index is 12.1. The van der Waals surface area contributed by atoms with Crippen molar-refractivity contribution in [1.29, 1.82) is 5.26 Å². The highest BCUT2D eigenvalue weighted by molar-refractivity contribution is 6.29. The third kappa shape index (κ3) is 5.44. The molecular weight excluding hydrogens is 274 g/mol. The van der Waals surface area contributed by atoms with Gasteiger partial charge in [-0.3, -0.25) is 0 Å². The van der Waals surface area contributed by atoms with Crippen molar-refractivity contribution in [2.75, 3.05) is 6.54 Å². The monoisotopic (exact) mass is 284 g/mol. The van der Waals surface area contributed by atoms with Crippen molar-refractivity contribution in [2.24, 2.45) is 4.99 Å². The molecule has 0 aliphatic rings. The number of hydrogen-bond donors (Lipinski definition) is 0. The average molecular weight is 285 g/mol. The van der Waals surface area contributed by atoms with Gasteiger partial charge < -0.3 is 4.90 Å². The third-order valence-electron chi connectivity index (χ3n) is 2.30. The van der Waals surface area contributed by atoms with Crippen molar-refractivity contribution in [3.05, 3.63) is 41.2 Å². The lowest BCUT2D eigenvalue weighted by Gasteiger charge is -2.21. The van der Waals surface area contributed by atoms with E-state index in [0.29, 0.717) is 17.5 Å². The van der Waals surface area contributed by atoms with Crippen LogP contribution in [0.2, 0.25) is 5.15 Å². The second-order valence-corrected chi connectivity index (χ2v) is 4.01. The molecule has 0 aromatic carbocycles. The number of aliphatic imine (C=N–C) groups is 1. The largest absolute Gasteiger partial charge is 0.351 e. The first-order valence-electron chi connectivity index (χ1n) is 5.33. The zero-order valence-electron chi connectivity index (χ0n) is 10.1. The van der Waals surface area contributed by atoms with E-state index in [0.717, 1.165) is 11.6 Å². The van der Waals surface area contributed by atoms with Crippen LogP contribution in [0, 0.1) is 11.5 Å². The summed E-state index contributed by atoms with van der Waals surface area (Å²) in [5.41, 5.74) is 0.782. The molecule has 1 aromatic rings. The van der Waals surface area contributed by atoms with Gasteiger partial charge in [0.2, 0.25) is 6.19 Å². The zero-order valence-corrected chi connectivity index (χ0v) is 10.9. The summed E-state index contributed by atoms with van der Waals surface area (Å²) in [6.45, 7) is 1.85. The maximum absolute atomic E-state index is 12.1. The average Bonchev–Trinajstić information content (AvgIpc) is 2.36. The normalized spacial score (nSPS) is 10.8. The number of aromatic nitrogens is 1. The highest BCUT2D eigenvalue weighted by Crippen LogP contribution is 2.09. The molecular formula is C12H11ClF2N4. The van der Waals surface area contributed by atoms with Gasteiger partial charge in [0.05, 0.1) is 0 Å². The van der Waals surface area contributed by atoms with Gasteiger partial charge in [-0.25, -0.2) is 4.98 Å². The van der Waals surface area contributed by atoms with Crippen molar-refractivity contribution < 1.29 is 8.78 Å². The molecule has 4 nitrogen and oxygen atoms in total. The molecule has 0 fully saturated rings. The minimum atomic E-state index is -1.77. The molecule has 0 saturated carbocycles. The first-order chi connectivity index (χ1) is 9.02.